The van der Waals surface area contributed by atoms with Crippen molar-refractivity contribution in [3.05, 3.63) is 12.2 Å². The summed E-state index contributed by atoms with van der Waals surface area (Å²) in [6.45, 7) is 9.41. The molecule has 15 heavy (non-hydrogen) atoms. The van der Waals surface area contributed by atoms with Crippen LogP contribution < -0.4 is 5.32 Å². The molecule has 1 nitrogen and oxygen atoms in total. The first kappa shape index (κ1) is 13.1. The third-order valence-electron chi connectivity index (χ3n) is 3.10. The van der Waals surface area contributed by atoms with Gasteiger partial charge in [-0.05, 0) is 26.3 Å². The molecule has 1 unspecified atom stereocenters. The summed E-state index contributed by atoms with van der Waals surface area (Å²) in [5.74, 6) is 1.20. The molecule has 0 aromatic carbocycles. The number of nitrogens with one attached hydrogen (secondary N) is 1. The largest absolute Gasteiger partial charge is 0.310 e. The minimum Gasteiger partial charge on any atom is -0.310 e. The molecule has 0 aromatic heterocycles. The second-order valence-electron chi connectivity index (χ2n) is 4.55. The van der Waals surface area contributed by atoms with Crippen LogP contribution in [0.3, 0.4) is 0 Å². The fourth-order valence-electron chi connectivity index (χ4n) is 2.09. The lowest BCUT2D eigenvalue weighted by Crippen LogP contribution is -2.32. The van der Waals surface area contributed by atoms with E-state index in [1.807, 2.05) is 0 Å². The Labute approximate surface area is 99.1 Å². The van der Waals surface area contributed by atoms with Crippen molar-refractivity contribution >= 4 is 11.8 Å². The molecule has 0 amide bonds. The predicted molar refractivity (Wildman–Crippen MR) is 71.6 cm³/mol. The summed E-state index contributed by atoms with van der Waals surface area (Å²) in [5, 5.41) is 4.42. The Morgan fingerprint density at radius 2 is 2.07 bits per heavy atom. The van der Waals surface area contributed by atoms with Crippen molar-refractivity contribution in [3.8, 4) is 0 Å². The molecule has 0 heterocycles. The molecule has 1 rings (SSSR count). The molecule has 0 saturated heterocycles. The summed E-state index contributed by atoms with van der Waals surface area (Å²) in [6.07, 6.45) is 7.20. The van der Waals surface area contributed by atoms with Crippen LogP contribution in [0.25, 0.3) is 0 Å². The van der Waals surface area contributed by atoms with Crippen molar-refractivity contribution in [3.63, 3.8) is 0 Å². The Balaban J connectivity index is 2.22. The van der Waals surface area contributed by atoms with Crippen molar-refractivity contribution in [2.75, 3.05) is 12.3 Å². The Bertz CT molecular complexity index is 185. The van der Waals surface area contributed by atoms with E-state index in [0.717, 1.165) is 11.8 Å². The van der Waals surface area contributed by atoms with Gasteiger partial charge in [0.2, 0.25) is 0 Å². The van der Waals surface area contributed by atoms with Gasteiger partial charge in [0, 0.05) is 17.0 Å². The number of hydrogen-bond donors (Lipinski definition) is 1. The van der Waals surface area contributed by atoms with E-state index in [1.54, 1.807) is 0 Å². The Hall–Kier alpha value is 0.0500. The van der Waals surface area contributed by atoms with E-state index in [9.17, 15) is 0 Å². The van der Waals surface area contributed by atoms with Crippen LogP contribution in [-0.4, -0.2) is 23.6 Å². The molecular formula is C13H25NS. The summed E-state index contributed by atoms with van der Waals surface area (Å²) < 4.78 is 0. The zero-order valence-corrected chi connectivity index (χ0v) is 11.0. The number of rotatable bonds is 6. The fourth-order valence-corrected chi connectivity index (χ4v) is 3.62. The molecule has 1 atom stereocenters. The van der Waals surface area contributed by atoms with E-state index in [-0.39, 0.29) is 0 Å². The number of likely N-dealkylation sites (N-methyl/N-ethyl adjacent to an activating group) is 1. The van der Waals surface area contributed by atoms with Crippen LogP contribution >= 0.6 is 11.8 Å². The minimum atomic E-state index is 0.516. The van der Waals surface area contributed by atoms with Gasteiger partial charge in [0.15, 0.2) is 0 Å². The smallest absolute Gasteiger partial charge is 0.0365 e. The van der Waals surface area contributed by atoms with E-state index in [1.165, 1.54) is 43.4 Å². The van der Waals surface area contributed by atoms with Crippen LogP contribution in [0.5, 0.6) is 0 Å². The zero-order chi connectivity index (χ0) is 11.1. The Morgan fingerprint density at radius 1 is 1.40 bits per heavy atom. The molecule has 0 bridgehead atoms. The van der Waals surface area contributed by atoms with Crippen molar-refractivity contribution in [1.29, 1.82) is 0 Å². The lowest BCUT2D eigenvalue weighted by atomic mass is 10.0. The molecule has 0 aliphatic heterocycles. The minimum absolute atomic E-state index is 0.516. The number of hydrogen-bond acceptors (Lipinski definition) is 2. The van der Waals surface area contributed by atoms with Crippen LogP contribution in [0.4, 0.5) is 0 Å². The van der Waals surface area contributed by atoms with Crippen molar-refractivity contribution in [2.45, 2.75) is 57.2 Å². The molecular weight excluding hydrogens is 202 g/mol. The molecule has 1 N–H and O–H groups in total. The summed E-state index contributed by atoms with van der Waals surface area (Å²) >= 11 is 2.15. The first-order chi connectivity index (χ1) is 7.24. The molecule has 2 heteroatoms. The highest BCUT2D eigenvalue weighted by Crippen LogP contribution is 2.29. The first-order valence-corrected chi connectivity index (χ1v) is 7.29. The van der Waals surface area contributed by atoms with Crippen LogP contribution in [-0.2, 0) is 0 Å². The summed E-state index contributed by atoms with van der Waals surface area (Å²) in [6, 6.07) is 0.516. The third kappa shape index (κ3) is 5.07. The molecule has 1 aliphatic carbocycles. The zero-order valence-electron chi connectivity index (χ0n) is 10.2. The fraction of sp³-hybridized carbons (Fsp3) is 0.846. The maximum Gasteiger partial charge on any atom is 0.0365 e. The first-order valence-electron chi connectivity index (χ1n) is 6.24. The standard InChI is InChI=1S/C13H25NS/c1-4-14-13(11(2)3)10-15-12-8-6-5-7-9-12/h12-14H,2,4-10H2,1,3H3. The van der Waals surface area contributed by atoms with E-state index in [2.05, 4.69) is 37.5 Å². The van der Waals surface area contributed by atoms with Gasteiger partial charge in [0.25, 0.3) is 0 Å². The third-order valence-corrected chi connectivity index (χ3v) is 4.56. The highest BCUT2D eigenvalue weighted by Gasteiger charge is 2.16. The quantitative estimate of drug-likeness (QED) is 0.696. The van der Waals surface area contributed by atoms with Crippen LogP contribution in [0.1, 0.15) is 46.0 Å². The highest BCUT2D eigenvalue weighted by atomic mass is 32.2. The van der Waals surface area contributed by atoms with Gasteiger partial charge in [-0.2, -0.15) is 11.8 Å². The monoisotopic (exact) mass is 227 g/mol. The van der Waals surface area contributed by atoms with Crippen LogP contribution in [0.15, 0.2) is 12.2 Å². The second-order valence-corrected chi connectivity index (χ2v) is 5.88. The average Bonchev–Trinajstić information content (AvgIpc) is 2.25. The SMILES string of the molecule is C=C(C)C(CSC1CCCCC1)NCC. The summed E-state index contributed by atoms with van der Waals surface area (Å²) in [7, 11) is 0. The van der Waals surface area contributed by atoms with Gasteiger partial charge in [-0.25, -0.2) is 0 Å². The second kappa shape index (κ2) is 7.34. The lowest BCUT2D eigenvalue weighted by molar-refractivity contribution is 0.515. The van der Waals surface area contributed by atoms with Crippen molar-refractivity contribution < 1.29 is 0 Å². The van der Waals surface area contributed by atoms with Crippen molar-refractivity contribution in [2.24, 2.45) is 0 Å². The van der Waals surface area contributed by atoms with Gasteiger partial charge in [-0.1, -0.05) is 38.3 Å². The van der Waals surface area contributed by atoms with E-state index in [4.69, 9.17) is 0 Å². The van der Waals surface area contributed by atoms with E-state index in [0.29, 0.717) is 6.04 Å². The topological polar surface area (TPSA) is 12.0 Å². The van der Waals surface area contributed by atoms with Crippen LogP contribution in [0.2, 0.25) is 0 Å². The average molecular weight is 227 g/mol. The molecule has 0 aromatic rings. The van der Waals surface area contributed by atoms with Gasteiger partial charge < -0.3 is 5.32 Å². The lowest BCUT2D eigenvalue weighted by Gasteiger charge is -2.24. The summed E-state index contributed by atoms with van der Waals surface area (Å²) in [4.78, 5) is 0. The summed E-state index contributed by atoms with van der Waals surface area (Å²) in [5.41, 5.74) is 1.28. The predicted octanol–water partition coefficient (Wildman–Crippen LogP) is 3.61. The molecule has 1 saturated carbocycles. The van der Waals surface area contributed by atoms with Crippen LogP contribution in [0, 0.1) is 0 Å². The maximum absolute atomic E-state index is 4.06. The maximum atomic E-state index is 4.06. The van der Waals surface area contributed by atoms with Crippen molar-refractivity contribution in [1.82, 2.24) is 5.32 Å². The van der Waals surface area contributed by atoms with Gasteiger partial charge in [-0.3, -0.25) is 0 Å². The molecule has 1 aliphatic rings. The van der Waals surface area contributed by atoms with E-state index >= 15 is 0 Å². The Kier molecular flexibility index (Phi) is 6.42. The number of thioether (sulfide) groups is 1. The molecule has 88 valence electrons. The normalized spacial score (nSPS) is 20.1. The molecule has 1 fully saturated rings. The van der Waals surface area contributed by atoms with Gasteiger partial charge in [-0.15, -0.1) is 0 Å². The van der Waals surface area contributed by atoms with Gasteiger partial charge in [0.05, 0.1) is 0 Å². The highest BCUT2D eigenvalue weighted by molar-refractivity contribution is 7.99. The molecule has 0 radical (unpaired) electrons. The van der Waals surface area contributed by atoms with Gasteiger partial charge in [0.1, 0.15) is 0 Å². The Morgan fingerprint density at radius 3 is 2.60 bits per heavy atom. The van der Waals surface area contributed by atoms with E-state index < -0.39 is 0 Å². The van der Waals surface area contributed by atoms with Gasteiger partial charge >= 0.3 is 0 Å². The molecule has 0 spiro atoms.